The Morgan fingerprint density at radius 3 is 1.67 bits per heavy atom. The Morgan fingerprint density at radius 1 is 0.778 bits per heavy atom. The predicted octanol–water partition coefficient (Wildman–Crippen LogP) is 4.70. The number of hydrogen-bond donors (Lipinski definition) is 0. The molecule has 2 heteroatoms. The van der Waals surface area contributed by atoms with Gasteiger partial charge < -0.3 is 16.9 Å². The molecule has 1 aromatic rings. The third kappa shape index (κ3) is 11.6. The van der Waals surface area contributed by atoms with Crippen LogP contribution >= 0.6 is 0 Å². The molecule has 0 aliphatic rings. The highest BCUT2D eigenvalue weighted by atomic mass is 35.5. The van der Waals surface area contributed by atoms with Crippen LogP contribution in [0.2, 0.25) is 0 Å². The van der Waals surface area contributed by atoms with E-state index in [-0.39, 0.29) is 12.4 Å². The minimum atomic E-state index is 0. The number of rotatable bonds is 16. The molecular formula is C25H44ClN. The standard InChI is InChI=1S/C25H44N.ClH/c1-5-7-8-9-10-11-12-13-14-15-16-20-23-26(3,4)25(6-2)24-21-18-17-19-22-24;/h6,17-19,21-22,25H,2,5,7-16,20,23H2,1,3-4H3;1H/q+1;/p-1. The third-order valence-electron chi connectivity index (χ3n) is 5.71. The van der Waals surface area contributed by atoms with E-state index in [0.29, 0.717) is 6.04 Å². The number of quaternary nitrogens is 1. The van der Waals surface area contributed by atoms with Crippen molar-refractivity contribution in [1.29, 1.82) is 0 Å². The average molecular weight is 394 g/mol. The number of unbranched alkanes of at least 4 members (excludes halogenated alkanes) is 11. The van der Waals surface area contributed by atoms with Gasteiger partial charge in [-0.3, -0.25) is 0 Å². The molecule has 0 amide bonds. The van der Waals surface area contributed by atoms with Gasteiger partial charge >= 0.3 is 0 Å². The Hall–Kier alpha value is -0.790. The van der Waals surface area contributed by atoms with Crippen LogP contribution in [0, 0.1) is 0 Å². The van der Waals surface area contributed by atoms with Gasteiger partial charge in [0, 0.05) is 5.56 Å². The first-order valence-corrected chi connectivity index (χ1v) is 11.1. The summed E-state index contributed by atoms with van der Waals surface area (Å²) in [5.74, 6) is 0. The molecule has 1 atom stereocenters. The molecular weight excluding hydrogens is 350 g/mol. The van der Waals surface area contributed by atoms with Crippen molar-refractivity contribution < 1.29 is 16.9 Å². The highest BCUT2D eigenvalue weighted by Crippen LogP contribution is 2.26. The van der Waals surface area contributed by atoms with Crippen LogP contribution in [0.5, 0.6) is 0 Å². The fourth-order valence-corrected chi connectivity index (χ4v) is 3.97. The second kappa shape index (κ2) is 16.2. The molecule has 0 aliphatic carbocycles. The van der Waals surface area contributed by atoms with Crippen molar-refractivity contribution in [2.45, 2.75) is 90.0 Å². The number of likely N-dealkylation sites (N-methyl/N-ethyl adjacent to an activating group) is 1. The zero-order valence-corrected chi connectivity index (χ0v) is 19.0. The van der Waals surface area contributed by atoms with E-state index in [1.807, 2.05) is 0 Å². The van der Waals surface area contributed by atoms with Gasteiger partial charge in [-0.1, -0.05) is 108 Å². The molecule has 1 rings (SSSR count). The van der Waals surface area contributed by atoms with Crippen LogP contribution in [-0.4, -0.2) is 25.1 Å². The first-order chi connectivity index (χ1) is 12.6. The van der Waals surface area contributed by atoms with E-state index >= 15 is 0 Å². The van der Waals surface area contributed by atoms with Gasteiger partial charge in [-0.25, -0.2) is 0 Å². The fourth-order valence-electron chi connectivity index (χ4n) is 3.97. The van der Waals surface area contributed by atoms with Crippen LogP contribution < -0.4 is 12.4 Å². The molecule has 0 saturated heterocycles. The molecule has 1 nitrogen and oxygen atoms in total. The Balaban J connectivity index is 0.00000676. The van der Waals surface area contributed by atoms with Crippen LogP contribution in [-0.2, 0) is 0 Å². The average Bonchev–Trinajstić information content (AvgIpc) is 2.64. The van der Waals surface area contributed by atoms with Crippen molar-refractivity contribution in [2.75, 3.05) is 20.6 Å². The highest BCUT2D eigenvalue weighted by Gasteiger charge is 2.26. The van der Waals surface area contributed by atoms with Gasteiger partial charge in [-0.2, -0.15) is 0 Å². The topological polar surface area (TPSA) is 0 Å². The maximum absolute atomic E-state index is 4.10. The lowest BCUT2D eigenvalue weighted by molar-refractivity contribution is -0.914. The van der Waals surface area contributed by atoms with Gasteiger partial charge in [0.2, 0.25) is 0 Å². The van der Waals surface area contributed by atoms with Gasteiger partial charge in [0.15, 0.2) is 0 Å². The lowest BCUT2D eigenvalue weighted by atomic mass is 10.0. The summed E-state index contributed by atoms with van der Waals surface area (Å²) in [6.45, 7) is 7.61. The first kappa shape index (κ1) is 26.2. The summed E-state index contributed by atoms with van der Waals surface area (Å²) >= 11 is 0. The van der Waals surface area contributed by atoms with Crippen molar-refractivity contribution >= 4 is 0 Å². The van der Waals surface area contributed by atoms with Gasteiger partial charge in [0.25, 0.3) is 0 Å². The summed E-state index contributed by atoms with van der Waals surface area (Å²) < 4.78 is 1.01. The van der Waals surface area contributed by atoms with E-state index in [1.165, 1.54) is 89.2 Å². The van der Waals surface area contributed by atoms with Crippen LogP contribution in [0.3, 0.4) is 0 Å². The number of halogens is 1. The molecule has 0 N–H and O–H groups in total. The van der Waals surface area contributed by atoms with E-state index in [4.69, 9.17) is 0 Å². The zero-order chi connectivity index (χ0) is 19.1. The largest absolute Gasteiger partial charge is 1.00 e. The Morgan fingerprint density at radius 2 is 1.22 bits per heavy atom. The second-order valence-corrected chi connectivity index (χ2v) is 8.48. The van der Waals surface area contributed by atoms with Gasteiger partial charge in [0.05, 0.1) is 20.6 Å². The van der Waals surface area contributed by atoms with Crippen molar-refractivity contribution in [1.82, 2.24) is 0 Å². The number of benzene rings is 1. The van der Waals surface area contributed by atoms with Crippen LogP contribution in [0.4, 0.5) is 0 Å². The molecule has 27 heavy (non-hydrogen) atoms. The van der Waals surface area contributed by atoms with E-state index in [1.54, 1.807) is 0 Å². The SMILES string of the molecule is C=CC(c1ccccc1)[N+](C)(C)CCCCCCCCCCCCCC.[Cl-]. The molecule has 1 unspecified atom stereocenters. The summed E-state index contributed by atoms with van der Waals surface area (Å²) in [7, 11) is 4.69. The summed E-state index contributed by atoms with van der Waals surface area (Å²) in [4.78, 5) is 0. The minimum Gasteiger partial charge on any atom is -1.00 e. The molecule has 0 aliphatic heterocycles. The summed E-state index contributed by atoms with van der Waals surface area (Å²) in [6, 6.07) is 11.2. The number of hydrogen-bond acceptors (Lipinski definition) is 0. The van der Waals surface area contributed by atoms with E-state index in [0.717, 1.165) is 4.48 Å². The van der Waals surface area contributed by atoms with Crippen LogP contribution in [0.1, 0.15) is 95.6 Å². The Labute approximate surface area is 176 Å². The van der Waals surface area contributed by atoms with E-state index in [2.05, 4.69) is 64.0 Å². The Bertz CT molecular complexity index is 455. The summed E-state index contributed by atoms with van der Waals surface area (Å²) in [5, 5.41) is 0. The van der Waals surface area contributed by atoms with Crippen LogP contribution in [0.15, 0.2) is 43.0 Å². The smallest absolute Gasteiger partial charge is 0.133 e. The predicted molar refractivity (Wildman–Crippen MR) is 117 cm³/mol. The van der Waals surface area contributed by atoms with Gasteiger partial charge in [-0.15, -0.1) is 0 Å². The molecule has 0 saturated carbocycles. The lowest BCUT2D eigenvalue weighted by Gasteiger charge is -2.37. The molecule has 156 valence electrons. The monoisotopic (exact) mass is 393 g/mol. The molecule has 0 bridgehead atoms. The van der Waals surface area contributed by atoms with Gasteiger partial charge in [0.1, 0.15) is 6.04 Å². The normalized spacial score (nSPS) is 12.4. The minimum absolute atomic E-state index is 0. The number of nitrogens with zero attached hydrogens (tertiary/aromatic N) is 1. The highest BCUT2D eigenvalue weighted by molar-refractivity contribution is 5.20. The van der Waals surface area contributed by atoms with Gasteiger partial charge in [-0.05, 0) is 18.9 Å². The zero-order valence-electron chi connectivity index (χ0n) is 18.3. The maximum atomic E-state index is 4.10. The molecule has 0 radical (unpaired) electrons. The second-order valence-electron chi connectivity index (χ2n) is 8.48. The maximum Gasteiger partial charge on any atom is 0.133 e. The first-order valence-electron chi connectivity index (χ1n) is 11.1. The lowest BCUT2D eigenvalue weighted by Crippen LogP contribution is -3.00. The molecule has 0 heterocycles. The fraction of sp³-hybridized carbons (Fsp3) is 0.680. The molecule has 0 aromatic heterocycles. The molecule has 1 aromatic carbocycles. The molecule has 0 spiro atoms. The summed E-state index contributed by atoms with van der Waals surface area (Å²) in [6.07, 6.45) is 19.1. The van der Waals surface area contributed by atoms with Crippen molar-refractivity contribution in [3.05, 3.63) is 48.6 Å². The Kier molecular flexibility index (Phi) is 15.7. The third-order valence-corrected chi connectivity index (χ3v) is 5.71. The van der Waals surface area contributed by atoms with E-state index in [9.17, 15) is 0 Å². The van der Waals surface area contributed by atoms with Crippen LogP contribution in [0.25, 0.3) is 0 Å². The van der Waals surface area contributed by atoms with Crippen molar-refractivity contribution in [2.24, 2.45) is 0 Å². The van der Waals surface area contributed by atoms with Crippen molar-refractivity contribution in [3.63, 3.8) is 0 Å². The van der Waals surface area contributed by atoms with E-state index < -0.39 is 0 Å². The molecule has 0 fully saturated rings. The summed E-state index contributed by atoms with van der Waals surface area (Å²) in [5.41, 5.74) is 1.38. The van der Waals surface area contributed by atoms with Crippen molar-refractivity contribution in [3.8, 4) is 0 Å². The quantitative estimate of drug-likeness (QED) is 0.217.